The molecule has 0 radical (unpaired) electrons. The molecule has 3 heterocycles. The van der Waals surface area contributed by atoms with Crippen molar-refractivity contribution in [3.05, 3.63) is 139 Å². The fourth-order valence-corrected chi connectivity index (χ4v) is 7.87. The van der Waals surface area contributed by atoms with Crippen LogP contribution >= 0.6 is 11.3 Å². The van der Waals surface area contributed by atoms with Gasteiger partial charge < -0.3 is 0 Å². The van der Waals surface area contributed by atoms with E-state index in [1.807, 2.05) is 53.1 Å². The first-order chi connectivity index (χ1) is 23.9. The minimum atomic E-state index is -0.440. The number of thiophene rings is 1. The number of nitrogens with zero attached hydrogens (tertiary/aromatic N) is 3. The molecule has 0 saturated heterocycles. The molecule has 0 saturated carbocycles. The first-order valence-electron chi connectivity index (χ1n) is 16.9. The predicted molar refractivity (Wildman–Crippen MR) is 187 cm³/mol. The van der Waals surface area contributed by atoms with Crippen LogP contribution in [0.4, 0.5) is 0 Å². The second-order valence-corrected chi connectivity index (χ2v) is 12.1. The lowest BCUT2D eigenvalue weighted by molar-refractivity contribution is 1.02. The normalized spacial score (nSPS) is 13.7. The molecular weight excluding hydrogens is 555 g/mol. The van der Waals surface area contributed by atoms with Crippen molar-refractivity contribution in [2.24, 2.45) is 0 Å². The van der Waals surface area contributed by atoms with Crippen molar-refractivity contribution in [1.82, 2.24) is 14.5 Å². The van der Waals surface area contributed by atoms with E-state index in [1.165, 1.54) is 26.2 Å². The Morgan fingerprint density at radius 1 is 0.545 bits per heavy atom. The Kier molecular flexibility index (Phi) is 3.99. The molecule has 3 nitrogen and oxygen atoms in total. The molecule has 44 heavy (non-hydrogen) atoms. The van der Waals surface area contributed by atoms with E-state index in [4.69, 9.17) is 16.8 Å². The molecule has 0 spiro atoms. The maximum absolute atomic E-state index is 8.88. The number of hydrogen-bond acceptors (Lipinski definition) is 3. The average Bonchev–Trinajstić information content (AvgIpc) is 3.67. The monoisotopic (exact) mass is 582 g/mol. The van der Waals surface area contributed by atoms with Crippen LogP contribution in [-0.2, 0) is 0 Å². The van der Waals surface area contributed by atoms with Gasteiger partial charge in [-0.3, -0.25) is 4.57 Å². The molecular formula is C40H23N3S. The predicted octanol–water partition coefficient (Wildman–Crippen LogP) is 11.1. The molecule has 10 aromatic rings. The van der Waals surface area contributed by atoms with Crippen molar-refractivity contribution in [2.45, 2.75) is 0 Å². The van der Waals surface area contributed by atoms with Crippen LogP contribution < -0.4 is 0 Å². The Labute approximate surface area is 263 Å². The summed E-state index contributed by atoms with van der Waals surface area (Å²) in [7, 11) is 0. The number of aromatic nitrogens is 3. The summed E-state index contributed by atoms with van der Waals surface area (Å²) in [6.07, 6.45) is 0. The van der Waals surface area contributed by atoms with E-state index >= 15 is 0 Å². The van der Waals surface area contributed by atoms with Crippen molar-refractivity contribution >= 4 is 85.8 Å². The van der Waals surface area contributed by atoms with Gasteiger partial charge in [0.25, 0.3) is 0 Å². The van der Waals surface area contributed by atoms with Gasteiger partial charge in [-0.25, -0.2) is 9.97 Å². The minimum absolute atomic E-state index is 0.0504. The third kappa shape index (κ3) is 3.31. The van der Waals surface area contributed by atoms with Gasteiger partial charge >= 0.3 is 0 Å². The smallest absolute Gasteiger partial charge is 0.235 e. The highest BCUT2D eigenvalue weighted by atomic mass is 32.1. The minimum Gasteiger partial charge on any atom is -0.278 e. The lowest BCUT2D eigenvalue weighted by Gasteiger charge is -2.13. The zero-order valence-corrected chi connectivity index (χ0v) is 24.0. The highest BCUT2D eigenvalue weighted by Gasteiger charge is 2.20. The van der Waals surface area contributed by atoms with Gasteiger partial charge in [0.1, 0.15) is 0 Å². The van der Waals surface area contributed by atoms with Gasteiger partial charge in [0.05, 0.1) is 29.1 Å². The Bertz CT molecular complexity index is 3040. The number of rotatable bonds is 2. The first-order valence-corrected chi connectivity index (χ1v) is 15.2. The first kappa shape index (κ1) is 19.6. The topological polar surface area (TPSA) is 30.7 Å². The summed E-state index contributed by atoms with van der Waals surface area (Å²) >= 11 is 1.75. The third-order valence-corrected chi connectivity index (χ3v) is 9.79. The largest absolute Gasteiger partial charge is 0.278 e. The van der Waals surface area contributed by atoms with E-state index in [0.29, 0.717) is 22.5 Å². The van der Waals surface area contributed by atoms with Crippen molar-refractivity contribution < 1.29 is 6.85 Å². The fourth-order valence-electron chi connectivity index (χ4n) is 6.73. The molecule has 0 N–H and O–H groups in total. The van der Waals surface area contributed by atoms with Crippen LogP contribution in [0.25, 0.3) is 91.6 Å². The molecule has 0 unspecified atom stereocenters. The molecule has 0 bridgehead atoms. The van der Waals surface area contributed by atoms with Gasteiger partial charge in [-0.15, -0.1) is 11.3 Å². The lowest BCUT2D eigenvalue weighted by Crippen LogP contribution is -2.03. The van der Waals surface area contributed by atoms with E-state index in [1.54, 1.807) is 11.3 Å². The van der Waals surface area contributed by atoms with E-state index < -0.39 is 18.1 Å². The SMILES string of the molecule is [2H]c1c([2H])c([2H])c(-c2nc(-n3c4ccccc4c4cc5c(cc43)sc3ccc4ccccc4c35)nc3c2ccc2ccccc23)c([2H])c1[2H]. The van der Waals surface area contributed by atoms with Gasteiger partial charge in [-0.2, -0.15) is 0 Å². The van der Waals surface area contributed by atoms with E-state index in [9.17, 15) is 0 Å². The fraction of sp³-hybridized carbons (Fsp3) is 0. The van der Waals surface area contributed by atoms with Gasteiger partial charge in [0.15, 0.2) is 0 Å². The molecule has 0 aliphatic heterocycles. The van der Waals surface area contributed by atoms with Crippen LogP contribution in [0.15, 0.2) is 139 Å². The zero-order valence-electron chi connectivity index (χ0n) is 28.1. The maximum atomic E-state index is 8.88. The van der Waals surface area contributed by atoms with Crippen molar-refractivity contribution in [1.29, 1.82) is 0 Å². The average molecular weight is 583 g/mol. The van der Waals surface area contributed by atoms with Crippen LogP contribution in [0.2, 0.25) is 0 Å². The molecule has 0 amide bonds. The molecule has 3 aromatic heterocycles. The Morgan fingerprint density at radius 3 is 2.14 bits per heavy atom. The molecule has 10 rings (SSSR count). The second kappa shape index (κ2) is 8.96. The van der Waals surface area contributed by atoms with Crippen LogP contribution in [0.1, 0.15) is 6.85 Å². The number of benzene rings is 7. The van der Waals surface area contributed by atoms with Crippen molar-refractivity contribution in [3.63, 3.8) is 0 Å². The van der Waals surface area contributed by atoms with Crippen LogP contribution in [0.3, 0.4) is 0 Å². The number of para-hydroxylation sites is 1. The summed E-state index contributed by atoms with van der Waals surface area (Å²) in [4.78, 5) is 10.3. The Balaban J connectivity index is 1.37. The quantitative estimate of drug-likeness (QED) is 0.190. The standard InChI is InChI=1S/C40H23N3S/c1-2-12-26(13-3-1)38-30-20-18-25-11-5-7-15-28(25)39(30)42-40(41-38)43-33-17-9-8-16-29(33)31-22-32-36(23-34(31)43)44-35-21-19-24-10-4-6-14-27(24)37(32)35/h1-23H/i1D,2D,3D,12D,13D. The van der Waals surface area contributed by atoms with Gasteiger partial charge in [0, 0.05) is 47.3 Å². The summed E-state index contributed by atoms with van der Waals surface area (Å²) in [5.74, 6) is 0.364. The second-order valence-electron chi connectivity index (χ2n) is 11.0. The van der Waals surface area contributed by atoms with Gasteiger partial charge in [0.2, 0.25) is 5.95 Å². The molecule has 0 aliphatic rings. The van der Waals surface area contributed by atoms with Crippen molar-refractivity contribution in [2.75, 3.05) is 0 Å². The molecule has 204 valence electrons. The molecule has 4 heteroatoms. The summed E-state index contributed by atoms with van der Waals surface area (Å²) in [6, 6.07) is 35.5. The van der Waals surface area contributed by atoms with E-state index in [-0.39, 0.29) is 17.6 Å². The van der Waals surface area contributed by atoms with E-state index in [2.05, 4.69) is 60.7 Å². The molecule has 0 atom stereocenters. The molecule has 0 fully saturated rings. The molecule has 7 aromatic carbocycles. The van der Waals surface area contributed by atoms with Crippen LogP contribution in [-0.4, -0.2) is 14.5 Å². The highest BCUT2D eigenvalue weighted by Crippen LogP contribution is 2.43. The van der Waals surface area contributed by atoms with E-state index in [0.717, 1.165) is 37.3 Å². The molecule has 0 aliphatic carbocycles. The summed E-state index contributed by atoms with van der Waals surface area (Å²) in [6.45, 7) is 0. The number of fused-ring (bicyclic) bond motifs is 11. The zero-order chi connectivity index (χ0) is 33.1. The summed E-state index contributed by atoms with van der Waals surface area (Å²) in [5.41, 5.74) is 2.83. The highest BCUT2D eigenvalue weighted by molar-refractivity contribution is 7.26. The summed E-state index contributed by atoms with van der Waals surface area (Å²) in [5, 5.41) is 9.44. The Hall–Kier alpha value is -5.58. The summed E-state index contributed by atoms with van der Waals surface area (Å²) < 4.78 is 47.3. The number of hydrogen-bond donors (Lipinski definition) is 0. The van der Waals surface area contributed by atoms with Crippen LogP contribution in [0.5, 0.6) is 0 Å². The van der Waals surface area contributed by atoms with Crippen LogP contribution in [0, 0.1) is 0 Å². The van der Waals surface area contributed by atoms with Gasteiger partial charge in [-0.05, 0) is 46.5 Å². The maximum Gasteiger partial charge on any atom is 0.235 e. The van der Waals surface area contributed by atoms with Crippen molar-refractivity contribution in [3.8, 4) is 17.2 Å². The van der Waals surface area contributed by atoms with Gasteiger partial charge in [-0.1, -0.05) is 109 Å². The Morgan fingerprint density at radius 2 is 1.27 bits per heavy atom. The third-order valence-electron chi connectivity index (χ3n) is 8.67. The lowest BCUT2D eigenvalue weighted by atomic mass is 10.0.